The number of rotatable bonds is 4. The van der Waals surface area contributed by atoms with Crippen LogP contribution >= 0.6 is 23.4 Å². The van der Waals surface area contributed by atoms with Crippen molar-refractivity contribution in [2.45, 2.75) is 17.7 Å². The minimum absolute atomic E-state index is 0.295. The first-order valence-electron chi connectivity index (χ1n) is 11.6. The number of hydrogen-bond acceptors (Lipinski definition) is 6. The van der Waals surface area contributed by atoms with Crippen LogP contribution in [0.5, 0.6) is 5.75 Å². The summed E-state index contributed by atoms with van der Waals surface area (Å²) in [4.78, 5) is 33.3. The van der Waals surface area contributed by atoms with Crippen LogP contribution in [0.3, 0.4) is 0 Å². The Morgan fingerprint density at radius 1 is 1.22 bits per heavy atom. The van der Waals surface area contributed by atoms with Crippen LogP contribution in [0.25, 0.3) is 21.3 Å². The Bertz CT molecular complexity index is 1470. The molecule has 1 aromatic heterocycles. The van der Waals surface area contributed by atoms with Gasteiger partial charge in [-0.25, -0.2) is 9.69 Å². The Labute approximate surface area is 217 Å². The van der Waals surface area contributed by atoms with Crippen molar-refractivity contribution in [3.63, 3.8) is 0 Å². The lowest BCUT2D eigenvalue weighted by molar-refractivity contribution is -0.118. The molecule has 2 unspecified atom stereocenters. The van der Waals surface area contributed by atoms with Crippen LogP contribution < -0.4 is 15.0 Å². The first-order valence-corrected chi connectivity index (χ1v) is 12.8. The molecule has 1 saturated heterocycles. The van der Waals surface area contributed by atoms with Gasteiger partial charge >= 0.3 is 6.03 Å². The lowest BCUT2D eigenvalue weighted by Gasteiger charge is -2.33. The second kappa shape index (κ2) is 9.28. The molecule has 3 aliphatic rings. The second-order valence-corrected chi connectivity index (χ2v) is 10.3. The molecular formula is C27H22ClN3O4S. The third kappa shape index (κ3) is 3.86. The average molecular weight is 520 g/mol. The molecule has 0 saturated carbocycles. The highest BCUT2D eigenvalue weighted by atomic mass is 35.5. The number of urea groups is 1. The highest BCUT2D eigenvalue weighted by Gasteiger charge is 2.46. The van der Waals surface area contributed by atoms with Gasteiger partial charge in [0.15, 0.2) is 0 Å². The number of pyridine rings is 1. The number of amides is 3. The summed E-state index contributed by atoms with van der Waals surface area (Å²) in [6.07, 6.45) is 8.04. The number of anilines is 1. The fourth-order valence-corrected chi connectivity index (χ4v) is 6.54. The molecule has 3 aliphatic heterocycles. The zero-order chi connectivity index (χ0) is 24.8. The number of nitrogens with one attached hydrogen (secondary N) is 1. The van der Waals surface area contributed by atoms with E-state index in [1.807, 2.05) is 42.5 Å². The van der Waals surface area contributed by atoms with E-state index in [-0.39, 0.29) is 5.91 Å². The summed E-state index contributed by atoms with van der Waals surface area (Å²) in [5, 5.41) is 4.60. The van der Waals surface area contributed by atoms with Gasteiger partial charge in [0.2, 0.25) is 0 Å². The summed E-state index contributed by atoms with van der Waals surface area (Å²) in [6, 6.07) is 10.4. The van der Waals surface area contributed by atoms with Crippen molar-refractivity contribution in [2.24, 2.45) is 0 Å². The van der Waals surface area contributed by atoms with Gasteiger partial charge < -0.3 is 14.8 Å². The molecule has 0 bridgehead atoms. The van der Waals surface area contributed by atoms with Crippen molar-refractivity contribution in [3.05, 3.63) is 77.1 Å². The number of carbonyl (C=O) groups is 2. The fourth-order valence-electron chi connectivity index (χ4n) is 4.87. The summed E-state index contributed by atoms with van der Waals surface area (Å²) >= 11 is 8.12. The fraction of sp³-hybridized carbons (Fsp3) is 0.222. The molecule has 6 rings (SSSR count). The number of carbonyl (C=O) groups excluding carboxylic acids is 2. The minimum Gasteiger partial charge on any atom is -0.497 e. The zero-order valence-electron chi connectivity index (χ0n) is 19.4. The maximum atomic E-state index is 13.8. The molecule has 2 atom stereocenters. The van der Waals surface area contributed by atoms with Gasteiger partial charge in [0.1, 0.15) is 11.0 Å². The van der Waals surface area contributed by atoms with Gasteiger partial charge in [0, 0.05) is 32.5 Å². The number of halogens is 1. The van der Waals surface area contributed by atoms with Crippen molar-refractivity contribution < 1.29 is 19.1 Å². The normalized spacial score (nSPS) is 21.7. The smallest absolute Gasteiger partial charge is 0.329 e. The van der Waals surface area contributed by atoms with E-state index in [9.17, 15) is 9.59 Å². The highest BCUT2D eigenvalue weighted by Crippen LogP contribution is 2.47. The average Bonchev–Trinajstić information content (AvgIpc) is 3.32. The lowest BCUT2D eigenvalue weighted by atomic mass is 9.95. The SMILES string of the molecule is COc1ccc2cncc(N3C(=O)NC4C=C(c5c(Cl)cccc5C5=CCOCC5)SC4C3=O)c2c1. The molecule has 0 radical (unpaired) electrons. The maximum Gasteiger partial charge on any atom is 0.329 e. The third-order valence-electron chi connectivity index (χ3n) is 6.63. The molecule has 3 amide bonds. The summed E-state index contributed by atoms with van der Waals surface area (Å²) in [7, 11) is 1.58. The van der Waals surface area contributed by atoms with Gasteiger partial charge in [-0.15, -0.1) is 11.8 Å². The molecule has 1 fully saturated rings. The second-order valence-electron chi connectivity index (χ2n) is 8.68. The Balaban J connectivity index is 1.36. The Kier molecular flexibility index (Phi) is 5.95. The molecule has 3 aromatic rings. The molecule has 4 heterocycles. The molecule has 182 valence electrons. The molecule has 7 nitrogen and oxygen atoms in total. The predicted octanol–water partition coefficient (Wildman–Crippen LogP) is 5.28. The van der Waals surface area contributed by atoms with Crippen molar-refractivity contribution in [3.8, 4) is 5.75 Å². The monoisotopic (exact) mass is 519 g/mol. The molecule has 2 aromatic carbocycles. The van der Waals surface area contributed by atoms with Crippen molar-refractivity contribution in [2.75, 3.05) is 25.2 Å². The van der Waals surface area contributed by atoms with Gasteiger partial charge in [0.25, 0.3) is 5.91 Å². The minimum atomic E-state index is -0.522. The first kappa shape index (κ1) is 23.1. The third-order valence-corrected chi connectivity index (χ3v) is 8.28. The topological polar surface area (TPSA) is 80.8 Å². The van der Waals surface area contributed by atoms with E-state index in [4.69, 9.17) is 21.1 Å². The first-order chi connectivity index (χ1) is 17.5. The van der Waals surface area contributed by atoms with Crippen LogP contribution in [0.4, 0.5) is 10.5 Å². The highest BCUT2D eigenvalue weighted by molar-refractivity contribution is 8.09. The van der Waals surface area contributed by atoms with Gasteiger partial charge in [-0.05, 0) is 47.9 Å². The summed E-state index contributed by atoms with van der Waals surface area (Å²) < 4.78 is 10.8. The van der Waals surface area contributed by atoms with Crippen LogP contribution in [0.2, 0.25) is 5.02 Å². The van der Waals surface area contributed by atoms with Gasteiger partial charge in [-0.3, -0.25) is 9.78 Å². The van der Waals surface area contributed by atoms with Crippen molar-refractivity contribution in [1.29, 1.82) is 0 Å². The number of methoxy groups -OCH3 is 1. The van der Waals surface area contributed by atoms with Crippen LogP contribution in [-0.2, 0) is 9.53 Å². The quantitative estimate of drug-likeness (QED) is 0.505. The van der Waals surface area contributed by atoms with Crippen LogP contribution in [0.15, 0.2) is 60.9 Å². The van der Waals surface area contributed by atoms with E-state index in [1.165, 1.54) is 28.4 Å². The van der Waals surface area contributed by atoms with E-state index in [2.05, 4.69) is 16.4 Å². The van der Waals surface area contributed by atoms with Crippen molar-refractivity contribution in [1.82, 2.24) is 10.3 Å². The Morgan fingerprint density at radius 3 is 2.92 bits per heavy atom. The number of thioether (sulfide) groups is 1. The number of imide groups is 1. The number of benzene rings is 2. The number of hydrogen-bond donors (Lipinski definition) is 1. The van der Waals surface area contributed by atoms with Gasteiger partial charge in [0.05, 0.1) is 38.2 Å². The Morgan fingerprint density at radius 2 is 2.11 bits per heavy atom. The molecular weight excluding hydrogens is 498 g/mol. The summed E-state index contributed by atoms with van der Waals surface area (Å²) in [5.41, 5.74) is 3.51. The lowest BCUT2D eigenvalue weighted by Crippen LogP contribution is -2.60. The number of nitrogens with zero attached hydrogens (tertiary/aromatic N) is 2. The van der Waals surface area contributed by atoms with E-state index >= 15 is 0 Å². The summed E-state index contributed by atoms with van der Waals surface area (Å²) in [5.74, 6) is 0.335. The zero-order valence-corrected chi connectivity index (χ0v) is 20.9. The molecule has 36 heavy (non-hydrogen) atoms. The van der Waals surface area contributed by atoms with Gasteiger partial charge in [-0.2, -0.15) is 0 Å². The standard InChI is InChI=1S/C27H22ClN3O4S/c1-34-17-6-5-16-13-29-14-22(19(16)11-17)31-26(32)25-21(30-27(31)33)12-23(36-25)24-18(3-2-4-20(24)28)15-7-9-35-10-8-15/h2-7,11-14,21,25H,8-10H2,1H3,(H,30,33). The van der Waals surface area contributed by atoms with Crippen LogP contribution in [0, 0.1) is 0 Å². The van der Waals surface area contributed by atoms with E-state index in [0.29, 0.717) is 35.1 Å². The maximum absolute atomic E-state index is 13.8. The largest absolute Gasteiger partial charge is 0.497 e. The number of ether oxygens (including phenoxy) is 2. The molecule has 0 aliphatic carbocycles. The van der Waals surface area contributed by atoms with Crippen LogP contribution in [0.1, 0.15) is 17.5 Å². The van der Waals surface area contributed by atoms with E-state index < -0.39 is 17.3 Å². The predicted molar refractivity (Wildman–Crippen MR) is 142 cm³/mol. The molecule has 9 heteroatoms. The Hall–Kier alpha value is -3.33. The van der Waals surface area contributed by atoms with Gasteiger partial charge in [-0.1, -0.05) is 29.8 Å². The number of aromatic nitrogens is 1. The van der Waals surface area contributed by atoms with Crippen LogP contribution in [-0.4, -0.2) is 48.5 Å². The molecule has 0 spiro atoms. The number of fused-ring (bicyclic) bond motifs is 2. The summed E-state index contributed by atoms with van der Waals surface area (Å²) in [6.45, 7) is 1.22. The van der Waals surface area contributed by atoms with Crippen molar-refractivity contribution >= 4 is 62.2 Å². The van der Waals surface area contributed by atoms with E-state index in [1.54, 1.807) is 13.3 Å². The molecule has 1 N–H and O–H groups in total. The van der Waals surface area contributed by atoms with E-state index in [0.717, 1.165) is 27.8 Å².